The van der Waals surface area contributed by atoms with Crippen molar-refractivity contribution in [1.29, 1.82) is 0 Å². The molecule has 5 atom stereocenters. The molecular weight excluding hydrogens is 489 g/mol. The molecule has 3 rings (SSSR count). The van der Waals surface area contributed by atoms with Gasteiger partial charge in [-0.25, -0.2) is 13.2 Å². The number of benzene rings is 2. The Morgan fingerprint density at radius 3 is 2.31 bits per heavy atom. The number of nitrogens with one attached hydrogen (secondary N) is 3. The summed E-state index contributed by atoms with van der Waals surface area (Å²) in [5.41, 5.74) is 1.68. The van der Waals surface area contributed by atoms with E-state index in [1.807, 2.05) is 0 Å². The van der Waals surface area contributed by atoms with Crippen LogP contribution in [0.2, 0.25) is 0 Å². The molecule has 3 unspecified atom stereocenters. The number of aliphatic hydroxyl groups is 3. The van der Waals surface area contributed by atoms with E-state index in [1.165, 1.54) is 6.92 Å². The number of ether oxygens (including phenoxy) is 1. The number of hydrazine groups is 1. The predicted molar refractivity (Wildman–Crippen MR) is 123 cm³/mol. The van der Waals surface area contributed by atoms with E-state index in [1.54, 1.807) is 24.3 Å². The van der Waals surface area contributed by atoms with E-state index in [9.17, 15) is 33.3 Å². The highest BCUT2D eigenvalue weighted by atomic mass is 32.2. The summed E-state index contributed by atoms with van der Waals surface area (Å²) in [6, 6.07) is 7.08. The van der Waals surface area contributed by atoms with Crippen LogP contribution in [0.5, 0.6) is 0 Å². The van der Waals surface area contributed by atoms with E-state index in [-0.39, 0.29) is 17.2 Å². The number of anilines is 1. The van der Waals surface area contributed by atoms with Crippen LogP contribution in [0.1, 0.15) is 12.5 Å². The smallest absolute Gasteiger partial charge is 0.221 e. The molecule has 1 fully saturated rings. The molecular formula is C22H25F3N4O5S. The zero-order valence-corrected chi connectivity index (χ0v) is 19.2. The highest BCUT2D eigenvalue weighted by Gasteiger charge is 2.44. The molecule has 190 valence electrons. The average Bonchev–Trinajstić information content (AvgIpc) is 2.82. The van der Waals surface area contributed by atoms with Gasteiger partial charge in [-0.15, -0.1) is 0 Å². The molecule has 0 saturated carbocycles. The number of aliphatic hydroxyl groups excluding tert-OH is 3. The number of thioether (sulfide) groups is 1. The number of hydrogen-bond donors (Lipinski definition) is 7. The largest absolute Gasteiger partial charge is 0.394 e. The van der Waals surface area contributed by atoms with Crippen LogP contribution in [0.25, 0.3) is 5.70 Å². The van der Waals surface area contributed by atoms with Crippen molar-refractivity contribution < 1.29 is 38.0 Å². The van der Waals surface area contributed by atoms with Gasteiger partial charge in [-0.05, 0) is 36.4 Å². The Balaban J connectivity index is 1.79. The predicted octanol–water partition coefficient (Wildman–Crippen LogP) is 1.01. The van der Waals surface area contributed by atoms with Crippen LogP contribution < -0.4 is 21.9 Å². The molecule has 0 bridgehead atoms. The molecule has 1 saturated heterocycles. The lowest BCUT2D eigenvalue weighted by atomic mass is 9.97. The van der Waals surface area contributed by atoms with Crippen LogP contribution in [0.3, 0.4) is 0 Å². The van der Waals surface area contributed by atoms with Crippen molar-refractivity contribution in [2.24, 2.45) is 5.84 Å². The summed E-state index contributed by atoms with van der Waals surface area (Å²) in [6.07, 6.45) is -2.58. The second-order valence-corrected chi connectivity index (χ2v) is 8.85. The van der Waals surface area contributed by atoms with Crippen molar-refractivity contribution in [3.05, 3.63) is 65.6 Å². The van der Waals surface area contributed by atoms with Crippen LogP contribution in [0.4, 0.5) is 18.9 Å². The Labute approximate surface area is 203 Å². The number of carbonyl (C=O) groups excluding carboxylic acids is 1. The highest BCUT2D eigenvalue weighted by Crippen LogP contribution is 2.34. The number of rotatable bonds is 8. The number of carbonyl (C=O) groups is 1. The molecule has 2 aromatic carbocycles. The van der Waals surface area contributed by atoms with Crippen molar-refractivity contribution in [1.82, 2.24) is 10.7 Å². The second kappa shape index (κ2) is 11.7. The first-order chi connectivity index (χ1) is 16.6. The minimum absolute atomic E-state index is 0.0630. The zero-order chi connectivity index (χ0) is 25.7. The lowest BCUT2D eigenvalue weighted by molar-refractivity contribution is -0.164. The first-order valence-corrected chi connectivity index (χ1v) is 11.3. The van der Waals surface area contributed by atoms with E-state index in [2.05, 4.69) is 16.1 Å². The first-order valence-electron chi connectivity index (χ1n) is 10.4. The zero-order valence-electron chi connectivity index (χ0n) is 18.4. The lowest BCUT2D eigenvalue weighted by Gasteiger charge is -2.42. The van der Waals surface area contributed by atoms with Gasteiger partial charge in [0.1, 0.15) is 23.7 Å². The third kappa shape index (κ3) is 6.45. The normalized spacial score (nSPS) is 24.7. The summed E-state index contributed by atoms with van der Waals surface area (Å²) in [4.78, 5) is 11.8. The Hall–Kier alpha value is -2.81. The molecule has 0 radical (unpaired) electrons. The Bertz CT molecular complexity index is 1050. The van der Waals surface area contributed by atoms with Gasteiger partial charge in [0.05, 0.1) is 18.3 Å². The first kappa shape index (κ1) is 26.8. The van der Waals surface area contributed by atoms with Gasteiger partial charge in [-0.2, -0.15) is 0 Å². The fourth-order valence-corrected chi connectivity index (χ4v) is 4.50. The second-order valence-electron chi connectivity index (χ2n) is 7.68. The van der Waals surface area contributed by atoms with Crippen molar-refractivity contribution >= 4 is 29.1 Å². The maximum Gasteiger partial charge on any atom is 0.221 e. The molecule has 9 nitrogen and oxygen atoms in total. The van der Waals surface area contributed by atoms with Crippen molar-refractivity contribution in [3.63, 3.8) is 0 Å². The number of nitrogens with two attached hydrogens (primary N) is 1. The number of hydrogen-bond acceptors (Lipinski definition) is 9. The minimum Gasteiger partial charge on any atom is -0.394 e. The third-order valence-corrected chi connectivity index (χ3v) is 6.35. The fourth-order valence-electron chi connectivity index (χ4n) is 3.43. The van der Waals surface area contributed by atoms with E-state index in [4.69, 9.17) is 10.6 Å². The average molecular weight is 515 g/mol. The molecule has 0 aliphatic carbocycles. The fraction of sp³-hybridized carbons (Fsp3) is 0.318. The van der Waals surface area contributed by atoms with Crippen molar-refractivity contribution in [3.8, 4) is 0 Å². The van der Waals surface area contributed by atoms with E-state index < -0.39 is 53.8 Å². The van der Waals surface area contributed by atoms with Gasteiger partial charge in [0, 0.05) is 29.3 Å². The van der Waals surface area contributed by atoms with Crippen LogP contribution in [0.15, 0.2) is 47.5 Å². The highest BCUT2D eigenvalue weighted by molar-refractivity contribution is 7.99. The summed E-state index contributed by atoms with van der Waals surface area (Å²) in [7, 11) is 0. The standard InChI is InChI=1S/C22H25F3N4O5S/c1-10(31)28-12-2-4-13(5-3-12)35-22-21(33)19(20(32)17(9-30)34-22)27-8-16(29-26)11-6-14(23)18(25)15(24)7-11/h2-8,17,19-22,27,29-30,32-33H,9,26H2,1H3,(H,28,31)/b16-8-/t17?,19?,20-,21?,22+/m0/s1. The van der Waals surface area contributed by atoms with E-state index in [0.717, 1.165) is 30.1 Å². The monoisotopic (exact) mass is 514 g/mol. The van der Waals surface area contributed by atoms with Gasteiger partial charge < -0.3 is 36.1 Å². The van der Waals surface area contributed by atoms with Crippen LogP contribution in [-0.4, -0.2) is 57.6 Å². The third-order valence-electron chi connectivity index (χ3n) is 5.18. The molecule has 0 spiro atoms. The van der Waals surface area contributed by atoms with Gasteiger partial charge in [0.2, 0.25) is 5.91 Å². The summed E-state index contributed by atoms with van der Waals surface area (Å²) in [6.45, 7) is 0.830. The summed E-state index contributed by atoms with van der Waals surface area (Å²) >= 11 is 1.12. The molecule has 0 aromatic heterocycles. The number of halogens is 3. The maximum atomic E-state index is 13.6. The maximum absolute atomic E-state index is 13.6. The molecule has 2 aromatic rings. The number of amides is 1. The van der Waals surface area contributed by atoms with Crippen LogP contribution in [-0.2, 0) is 9.53 Å². The SMILES string of the molecule is CC(=O)Nc1ccc(S[C@H]2OC(CO)[C@H](O)C(N/C=C(\NN)c3cc(F)c(F)c(F)c3)C2O)cc1. The topological polar surface area (TPSA) is 149 Å². The molecule has 1 aliphatic heterocycles. The Kier molecular flexibility index (Phi) is 8.99. The van der Waals surface area contributed by atoms with Crippen LogP contribution >= 0.6 is 11.8 Å². The summed E-state index contributed by atoms with van der Waals surface area (Å²) < 4.78 is 46.2. The Morgan fingerprint density at radius 2 is 1.77 bits per heavy atom. The van der Waals surface area contributed by atoms with Gasteiger partial charge in [0.15, 0.2) is 17.5 Å². The molecule has 8 N–H and O–H groups in total. The van der Waals surface area contributed by atoms with Crippen molar-refractivity contribution in [2.45, 2.75) is 41.6 Å². The molecule has 1 heterocycles. The van der Waals surface area contributed by atoms with E-state index in [0.29, 0.717) is 10.6 Å². The lowest BCUT2D eigenvalue weighted by Crippen LogP contribution is -2.62. The molecule has 1 aliphatic rings. The van der Waals surface area contributed by atoms with E-state index >= 15 is 0 Å². The summed E-state index contributed by atoms with van der Waals surface area (Å²) in [5, 5.41) is 36.5. The van der Waals surface area contributed by atoms with Gasteiger partial charge in [0.25, 0.3) is 0 Å². The Morgan fingerprint density at radius 1 is 1.14 bits per heavy atom. The van der Waals surface area contributed by atoms with Crippen LogP contribution in [0, 0.1) is 17.5 Å². The molecule has 13 heteroatoms. The quantitative estimate of drug-likeness (QED) is 0.156. The minimum atomic E-state index is -1.64. The van der Waals surface area contributed by atoms with Gasteiger partial charge in [-0.3, -0.25) is 10.6 Å². The van der Waals surface area contributed by atoms with Gasteiger partial charge in [-0.1, -0.05) is 11.8 Å². The molecule has 35 heavy (non-hydrogen) atoms. The van der Waals surface area contributed by atoms with Gasteiger partial charge >= 0.3 is 0 Å². The van der Waals surface area contributed by atoms with Crippen molar-refractivity contribution in [2.75, 3.05) is 11.9 Å². The molecule has 1 amide bonds. The summed E-state index contributed by atoms with van der Waals surface area (Å²) in [5.74, 6) is 0.730.